The van der Waals surface area contributed by atoms with Crippen molar-refractivity contribution in [3.05, 3.63) is 47.0 Å². The van der Waals surface area contributed by atoms with Crippen LogP contribution in [0.4, 0.5) is 0 Å². The molecule has 1 atom stereocenters. The predicted molar refractivity (Wildman–Crippen MR) is 83.7 cm³/mol. The summed E-state index contributed by atoms with van der Waals surface area (Å²) in [5, 5.41) is 11.1. The quantitative estimate of drug-likeness (QED) is 0.893. The van der Waals surface area contributed by atoms with Crippen LogP contribution >= 0.6 is 0 Å². The maximum absolute atomic E-state index is 12.2. The summed E-state index contributed by atoms with van der Waals surface area (Å²) in [6.07, 6.45) is 3.69. The van der Waals surface area contributed by atoms with Crippen molar-refractivity contribution in [1.29, 1.82) is 0 Å². The third-order valence-electron chi connectivity index (χ3n) is 3.65. The molecule has 0 aliphatic carbocycles. The lowest BCUT2D eigenvalue weighted by Crippen LogP contribution is -2.24. The molecular formula is C15H18N4O2S. The number of hydrogen-bond acceptors (Lipinski definition) is 4. The molecule has 2 heterocycles. The molecule has 3 rings (SSSR count). The van der Waals surface area contributed by atoms with Gasteiger partial charge in [-0.3, -0.25) is 9.00 Å². The van der Waals surface area contributed by atoms with Gasteiger partial charge in [0, 0.05) is 41.3 Å². The summed E-state index contributed by atoms with van der Waals surface area (Å²) in [5.74, 6) is 2.10. The van der Waals surface area contributed by atoms with Crippen molar-refractivity contribution < 1.29 is 9.00 Å². The third kappa shape index (κ3) is 3.24. The van der Waals surface area contributed by atoms with Gasteiger partial charge in [-0.25, -0.2) is 0 Å². The summed E-state index contributed by atoms with van der Waals surface area (Å²) in [6.45, 7) is 1.29. The molecule has 1 aliphatic heterocycles. The number of carbonyl (C=O) groups is 1. The molecule has 6 nitrogen and oxygen atoms in total. The second kappa shape index (κ2) is 6.39. The normalized spacial score (nSPS) is 14.6. The molecule has 7 heteroatoms. The summed E-state index contributed by atoms with van der Waals surface area (Å²) >= 11 is 0. The first kappa shape index (κ1) is 14.9. The van der Waals surface area contributed by atoms with Crippen LogP contribution in [0.2, 0.25) is 0 Å². The highest BCUT2D eigenvalue weighted by molar-refractivity contribution is 7.83. The maximum Gasteiger partial charge on any atom is 0.251 e. The summed E-state index contributed by atoms with van der Waals surface area (Å²) in [7, 11) is -0.919. The van der Waals surface area contributed by atoms with E-state index in [0.717, 1.165) is 36.6 Å². The molecule has 1 N–H and O–H groups in total. The highest BCUT2D eigenvalue weighted by Gasteiger charge is 2.17. The summed E-state index contributed by atoms with van der Waals surface area (Å²) in [6, 6.07) is 7.23. The Hall–Kier alpha value is -2.02. The predicted octanol–water partition coefficient (Wildman–Crippen LogP) is 1.03. The number of aryl methyl sites for hydroxylation is 1. The fourth-order valence-electron chi connectivity index (χ4n) is 2.64. The van der Waals surface area contributed by atoms with Crippen LogP contribution in [0.25, 0.3) is 0 Å². The number of amides is 1. The Morgan fingerprint density at radius 2 is 2.27 bits per heavy atom. The molecule has 0 radical (unpaired) electrons. The smallest absolute Gasteiger partial charge is 0.251 e. The summed E-state index contributed by atoms with van der Waals surface area (Å²) < 4.78 is 13.3. The van der Waals surface area contributed by atoms with Crippen molar-refractivity contribution in [3.8, 4) is 0 Å². The number of benzene rings is 1. The topological polar surface area (TPSA) is 76.9 Å². The van der Waals surface area contributed by atoms with E-state index in [1.165, 1.54) is 0 Å². The molecule has 0 saturated heterocycles. The van der Waals surface area contributed by atoms with Gasteiger partial charge in [0.05, 0.1) is 6.54 Å². The van der Waals surface area contributed by atoms with E-state index >= 15 is 0 Å². The fraction of sp³-hybridized carbons (Fsp3) is 0.400. The fourth-order valence-corrected chi connectivity index (χ4v) is 3.29. The largest absolute Gasteiger partial charge is 0.345 e. The summed E-state index contributed by atoms with van der Waals surface area (Å²) in [5.41, 5.74) is 1.47. The molecule has 0 spiro atoms. The minimum Gasteiger partial charge on any atom is -0.345 e. The Labute approximate surface area is 131 Å². The molecular weight excluding hydrogens is 300 g/mol. The minimum atomic E-state index is -0.919. The monoisotopic (exact) mass is 318 g/mol. The average molecular weight is 318 g/mol. The van der Waals surface area contributed by atoms with E-state index in [-0.39, 0.29) is 5.91 Å². The SMILES string of the molecule is C[S@](=O)Cc1cccc(C(=O)NCc2nnc3n2CCC3)c1. The lowest BCUT2D eigenvalue weighted by Gasteiger charge is -2.07. The van der Waals surface area contributed by atoms with Gasteiger partial charge in [-0.15, -0.1) is 10.2 Å². The number of nitrogens with zero attached hydrogens (tertiary/aromatic N) is 3. The van der Waals surface area contributed by atoms with E-state index in [9.17, 15) is 9.00 Å². The van der Waals surface area contributed by atoms with E-state index in [0.29, 0.717) is 17.9 Å². The molecule has 116 valence electrons. The van der Waals surface area contributed by atoms with Crippen LogP contribution in [0.3, 0.4) is 0 Å². The number of fused-ring (bicyclic) bond motifs is 1. The molecule has 1 aromatic heterocycles. The first-order chi connectivity index (χ1) is 10.6. The minimum absolute atomic E-state index is 0.154. The van der Waals surface area contributed by atoms with E-state index in [2.05, 4.69) is 20.1 Å². The standard InChI is InChI=1S/C15H18N4O2S/c1-22(21)10-11-4-2-5-12(8-11)15(20)16-9-14-18-17-13-6-3-7-19(13)14/h2,4-5,8H,3,6-7,9-10H2,1H3,(H,16,20)/t22-/m0/s1. The van der Waals surface area contributed by atoms with Gasteiger partial charge in [-0.05, 0) is 24.1 Å². The van der Waals surface area contributed by atoms with Gasteiger partial charge in [0.2, 0.25) is 0 Å². The van der Waals surface area contributed by atoms with E-state index in [1.54, 1.807) is 18.4 Å². The molecule has 22 heavy (non-hydrogen) atoms. The Kier molecular flexibility index (Phi) is 4.33. The Balaban J connectivity index is 1.65. The van der Waals surface area contributed by atoms with E-state index in [4.69, 9.17) is 0 Å². The Bertz CT molecular complexity index is 726. The highest BCUT2D eigenvalue weighted by Crippen LogP contribution is 2.14. The van der Waals surface area contributed by atoms with Gasteiger partial charge in [0.1, 0.15) is 5.82 Å². The zero-order valence-corrected chi connectivity index (χ0v) is 13.2. The molecule has 0 saturated carbocycles. The molecule has 0 unspecified atom stereocenters. The maximum atomic E-state index is 12.2. The van der Waals surface area contributed by atoms with Crippen LogP contribution in [-0.2, 0) is 36.1 Å². The van der Waals surface area contributed by atoms with Crippen molar-refractivity contribution in [2.45, 2.75) is 31.7 Å². The highest BCUT2D eigenvalue weighted by atomic mass is 32.2. The number of hydrogen-bond donors (Lipinski definition) is 1. The average Bonchev–Trinajstić information content (AvgIpc) is 3.08. The van der Waals surface area contributed by atoms with Gasteiger partial charge >= 0.3 is 0 Å². The van der Waals surface area contributed by atoms with Crippen molar-refractivity contribution >= 4 is 16.7 Å². The van der Waals surface area contributed by atoms with E-state index < -0.39 is 10.8 Å². The molecule has 1 aliphatic rings. The second-order valence-electron chi connectivity index (χ2n) is 5.39. The van der Waals surface area contributed by atoms with Crippen LogP contribution in [0.1, 0.15) is 34.0 Å². The first-order valence-corrected chi connectivity index (χ1v) is 8.94. The summed E-state index contributed by atoms with van der Waals surface area (Å²) in [4.78, 5) is 12.2. The Morgan fingerprint density at radius 3 is 3.09 bits per heavy atom. The van der Waals surface area contributed by atoms with Gasteiger partial charge in [-0.2, -0.15) is 0 Å². The number of carbonyl (C=O) groups excluding carboxylic acids is 1. The number of rotatable bonds is 5. The van der Waals surface area contributed by atoms with Crippen molar-refractivity contribution in [3.63, 3.8) is 0 Å². The molecule has 2 aromatic rings. The lowest BCUT2D eigenvalue weighted by atomic mass is 10.1. The molecule has 1 amide bonds. The third-order valence-corrected chi connectivity index (χ3v) is 4.39. The van der Waals surface area contributed by atoms with Crippen molar-refractivity contribution in [1.82, 2.24) is 20.1 Å². The molecule has 0 bridgehead atoms. The first-order valence-electron chi connectivity index (χ1n) is 7.21. The van der Waals surface area contributed by atoms with Crippen LogP contribution in [0.5, 0.6) is 0 Å². The van der Waals surface area contributed by atoms with Crippen LogP contribution in [-0.4, -0.2) is 31.1 Å². The second-order valence-corrected chi connectivity index (χ2v) is 6.82. The molecule has 0 fully saturated rings. The van der Waals surface area contributed by atoms with Crippen LogP contribution in [0.15, 0.2) is 24.3 Å². The lowest BCUT2D eigenvalue weighted by molar-refractivity contribution is 0.0949. The van der Waals surface area contributed by atoms with Gasteiger partial charge in [0.25, 0.3) is 5.91 Å². The molecule has 1 aromatic carbocycles. The van der Waals surface area contributed by atoms with Crippen LogP contribution in [0, 0.1) is 0 Å². The van der Waals surface area contributed by atoms with Gasteiger partial charge < -0.3 is 9.88 Å². The van der Waals surface area contributed by atoms with Crippen molar-refractivity contribution in [2.24, 2.45) is 0 Å². The van der Waals surface area contributed by atoms with Crippen molar-refractivity contribution in [2.75, 3.05) is 6.26 Å². The number of nitrogens with one attached hydrogen (secondary N) is 1. The Morgan fingerprint density at radius 1 is 1.41 bits per heavy atom. The number of aromatic nitrogens is 3. The van der Waals surface area contributed by atoms with Gasteiger partial charge in [0.15, 0.2) is 5.82 Å². The van der Waals surface area contributed by atoms with Crippen LogP contribution < -0.4 is 5.32 Å². The van der Waals surface area contributed by atoms with Gasteiger partial charge in [-0.1, -0.05) is 12.1 Å². The zero-order valence-electron chi connectivity index (χ0n) is 12.4. The zero-order chi connectivity index (χ0) is 15.5. The van der Waals surface area contributed by atoms with E-state index in [1.807, 2.05) is 12.1 Å².